The molecule has 0 saturated carbocycles. The Bertz CT molecular complexity index is 555. The summed E-state index contributed by atoms with van der Waals surface area (Å²) in [4.78, 5) is 3.96. The first kappa shape index (κ1) is 11.4. The van der Waals surface area contributed by atoms with Crippen molar-refractivity contribution in [2.24, 2.45) is 0 Å². The van der Waals surface area contributed by atoms with Crippen molar-refractivity contribution in [3.63, 3.8) is 0 Å². The van der Waals surface area contributed by atoms with Crippen molar-refractivity contribution in [2.45, 2.75) is 6.92 Å². The van der Waals surface area contributed by atoms with Gasteiger partial charge in [-0.1, -0.05) is 0 Å². The van der Waals surface area contributed by atoms with Crippen LogP contribution < -0.4 is 4.74 Å². The quantitative estimate of drug-likeness (QED) is 0.867. The van der Waals surface area contributed by atoms with Crippen LogP contribution in [-0.2, 0) is 0 Å². The third kappa shape index (κ3) is 1.93. The van der Waals surface area contributed by atoms with Crippen LogP contribution in [0.4, 0.5) is 4.39 Å². The molecule has 2 rings (SSSR count). The highest BCUT2D eigenvalue weighted by molar-refractivity contribution is 5.70. The fraction of sp³-hybridized carbons (Fsp3) is 0.154. The summed E-state index contributed by atoms with van der Waals surface area (Å²) >= 11 is 0. The number of phenols is 1. The van der Waals surface area contributed by atoms with Gasteiger partial charge in [0.05, 0.1) is 7.11 Å². The van der Waals surface area contributed by atoms with Crippen molar-refractivity contribution < 1.29 is 14.2 Å². The number of pyridine rings is 1. The summed E-state index contributed by atoms with van der Waals surface area (Å²) in [5.41, 5.74) is 1.86. The van der Waals surface area contributed by atoms with Crippen LogP contribution in [0.1, 0.15) is 5.56 Å². The number of halogens is 1. The standard InChI is InChI=1S/C13H12FNO2/c1-8-5-6-15-7-10(8)9-3-4-11(17-2)13(16)12(9)14/h3-7,16H,1-2H3. The van der Waals surface area contributed by atoms with Gasteiger partial charge in [-0.3, -0.25) is 4.98 Å². The van der Waals surface area contributed by atoms with Crippen molar-refractivity contribution >= 4 is 0 Å². The highest BCUT2D eigenvalue weighted by atomic mass is 19.1. The number of aromatic hydroxyl groups is 1. The molecule has 2 aromatic rings. The van der Waals surface area contributed by atoms with E-state index in [4.69, 9.17) is 4.74 Å². The molecule has 0 aliphatic carbocycles. The first-order valence-electron chi connectivity index (χ1n) is 5.11. The molecule has 0 unspecified atom stereocenters. The maximum absolute atomic E-state index is 14.0. The topological polar surface area (TPSA) is 42.4 Å². The van der Waals surface area contributed by atoms with Gasteiger partial charge >= 0.3 is 0 Å². The Labute approximate surface area is 98.5 Å². The molecule has 1 aromatic heterocycles. The molecule has 1 heterocycles. The van der Waals surface area contributed by atoms with Gasteiger partial charge in [-0.15, -0.1) is 0 Å². The number of aryl methyl sites for hydroxylation is 1. The van der Waals surface area contributed by atoms with E-state index in [1.165, 1.54) is 13.2 Å². The smallest absolute Gasteiger partial charge is 0.194 e. The second kappa shape index (κ2) is 4.41. The zero-order chi connectivity index (χ0) is 12.4. The van der Waals surface area contributed by atoms with E-state index in [0.717, 1.165) is 5.56 Å². The SMILES string of the molecule is COc1ccc(-c2cnccc2C)c(F)c1O. The molecule has 17 heavy (non-hydrogen) atoms. The lowest BCUT2D eigenvalue weighted by atomic mass is 10.0. The number of hydrogen-bond donors (Lipinski definition) is 1. The Morgan fingerprint density at radius 1 is 1.24 bits per heavy atom. The minimum Gasteiger partial charge on any atom is -0.502 e. The van der Waals surface area contributed by atoms with Crippen LogP contribution >= 0.6 is 0 Å². The van der Waals surface area contributed by atoms with Crippen LogP contribution in [-0.4, -0.2) is 17.2 Å². The minimum atomic E-state index is -0.694. The van der Waals surface area contributed by atoms with Crippen molar-refractivity contribution in [3.8, 4) is 22.6 Å². The predicted octanol–water partition coefficient (Wildman–Crippen LogP) is 2.91. The fourth-order valence-electron chi connectivity index (χ4n) is 1.67. The van der Waals surface area contributed by atoms with E-state index in [0.29, 0.717) is 11.1 Å². The lowest BCUT2D eigenvalue weighted by Crippen LogP contribution is -1.92. The van der Waals surface area contributed by atoms with Gasteiger partial charge in [-0.2, -0.15) is 0 Å². The monoisotopic (exact) mass is 233 g/mol. The first-order chi connectivity index (χ1) is 8.15. The van der Waals surface area contributed by atoms with Gasteiger partial charge < -0.3 is 9.84 Å². The summed E-state index contributed by atoms with van der Waals surface area (Å²) in [6, 6.07) is 4.88. The highest BCUT2D eigenvalue weighted by Gasteiger charge is 2.15. The summed E-state index contributed by atoms with van der Waals surface area (Å²) in [6.07, 6.45) is 3.21. The lowest BCUT2D eigenvalue weighted by molar-refractivity contribution is 0.357. The molecular formula is C13H12FNO2. The largest absolute Gasteiger partial charge is 0.502 e. The summed E-state index contributed by atoms with van der Waals surface area (Å²) in [7, 11) is 1.38. The fourth-order valence-corrected chi connectivity index (χ4v) is 1.67. The van der Waals surface area contributed by atoms with Gasteiger partial charge in [0, 0.05) is 23.5 Å². The number of methoxy groups -OCH3 is 1. The lowest BCUT2D eigenvalue weighted by Gasteiger charge is -2.10. The Balaban J connectivity index is 2.62. The molecule has 1 N–H and O–H groups in total. The zero-order valence-corrected chi connectivity index (χ0v) is 9.57. The number of hydrogen-bond acceptors (Lipinski definition) is 3. The first-order valence-corrected chi connectivity index (χ1v) is 5.11. The van der Waals surface area contributed by atoms with Gasteiger partial charge in [-0.05, 0) is 30.7 Å². The Morgan fingerprint density at radius 2 is 2.00 bits per heavy atom. The molecule has 0 aliphatic rings. The molecule has 1 aromatic carbocycles. The van der Waals surface area contributed by atoms with Crippen molar-refractivity contribution in [2.75, 3.05) is 7.11 Å². The molecule has 0 spiro atoms. The van der Waals surface area contributed by atoms with Crippen LogP contribution in [0.5, 0.6) is 11.5 Å². The third-order valence-electron chi connectivity index (χ3n) is 2.63. The van der Waals surface area contributed by atoms with Gasteiger partial charge in [0.1, 0.15) is 0 Å². The Morgan fingerprint density at radius 3 is 2.65 bits per heavy atom. The van der Waals surface area contributed by atoms with E-state index >= 15 is 0 Å². The Hall–Kier alpha value is -2.10. The molecule has 4 heteroatoms. The maximum Gasteiger partial charge on any atom is 0.194 e. The van der Waals surface area contributed by atoms with E-state index in [9.17, 15) is 9.50 Å². The third-order valence-corrected chi connectivity index (χ3v) is 2.63. The number of rotatable bonds is 2. The van der Waals surface area contributed by atoms with Crippen LogP contribution in [0.25, 0.3) is 11.1 Å². The number of nitrogens with zero attached hydrogens (tertiary/aromatic N) is 1. The van der Waals surface area contributed by atoms with E-state index in [2.05, 4.69) is 4.98 Å². The molecule has 0 saturated heterocycles. The number of phenolic OH excluding ortho intramolecular Hbond substituents is 1. The molecule has 0 atom stereocenters. The van der Waals surface area contributed by atoms with Crippen molar-refractivity contribution in [1.82, 2.24) is 4.98 Å². The Kier molecular flexibility index (Phi) is 2.95. The highest BCUT2D eigenvalue weighted by Crippen LogP contribution is 2.36. The van der Waals surface area contributed by atoms with Gasteiger partial charge in [0.2, 0.25) is 0 Å². The van der Waals surface area contributed by atoms with Crippen LogP contribution in [0.2, 0.25) is 0 Å². The van der Waals surface area contributed by atoms with Crippen molar-refractivity contribution in [1.29, 1.82) is 0 Å². The molecule has 0 bridgehead atoms. The number of benzene rings is 1. The summed E-state index contributed by atoms with van der Waals surface area (Å²) in [6.45, 7) is 1.86. The van der Waals surface area contributed by atoms with Gasteiger partial charge in [0.15, 0.2) is 17.3 Å². The van der Waals surface area contributed by atoms with E-state index in [1.54, 1.807) is 24.5 Å². The van der Waals surface area contributed by atoms with Crippen LogP contribution in [0.3, 0.4) is 0 Å². The maximum atomic E-state index is 14.0. The summed E-state index contributed by atoms with van der Waals surface area (Å²) in [5.74, 6) is -1.05. The van der Waals surface area contributed by atoms with Crippen molar-refractivity contribution in [3.05, 3.63) is 42.0 Å². The molecule has 0 amide bonds. The molecule has 88 valence electrons. The average Bonchev–Trinajstić information content (AvgIpc) is 2.34. The normalized spacial score (nSPS) is 10.3. The van der Waals surface area contributed by atoms with E-state index < -0.39 is 11.6 Å². The summed E-state index contributed by atoms with van der Waals surface area (Å²) in [5, 5.41) is 9.61. The second-order valence-corrected chi connectivity index (χ2v) is 3.67. The summed E-state index contributed by atoms with van der Waals surface area (Å²) < 4.78 is 18.8. The molecule has 0 radical (unpaired) electrons. The van der Waals surface area contributed by atoms with Gasteiger partial charge in [-0.25, -0.2) is 4.39 Å². The zero-order valence-electron chi connectivity index (χ0n) is 9.57. The second-order valence-electron chi connectivity index (χ2n) is 3.67. The molecular weight excluding hydrogens is 221 g/mol. The predicted molar refractivity (Wildman–Crippen MR) is 62.6 cm³/mol. The molecule has 0 fully saturated rings. The number of ether oxygens (including phenoxy) is 1. The minimum absolute atomic E-state index is 0.118. The van der Waals surface area contributed by atoms with Gasteiger partial charge in [0.25, 0.3) is 0 Å². The molecule has 3 nitrogen and oxygen atoms in total. The van der Waals surface area contributed by atoms with E-state index in [-0.39, 0.29) is 5.75 Å². The van der Waals surface area contributed by atoms with Crippen LogP contribution in [0.15, 0.2) is 30.6 Å². The molecule has 0 aliphatic heterocycles. The average molecular weight is 233 g/mol. The van der Waals surface area contributed by atoms with Crippen LogP contribution in [0, 0.1) is 12.7 Å². The van der Waals surface area contributed by atoms with E-state index in [1.807, 2.05) is 6.92 Å². The number of aromatic nitrogens is 1.